The third kappa shape index (κ3) is 1.85. The fourth-order valence-electron chi connectivity index (χ4n) is 2.68. The van der Waals surface area contributed by atoms with E-state index in [4.69, 9.17) is 4.42 Å². The van der Waals surface area contributed by atoms with Gasteiger partial charge in [-0.1, -0.05) is 6.07 Å². The van der Waals surface area contributed by atoms with Gasteiger partial charge in [0.1, 0.15) is 11.3 Å². The molecule has 0 spiro atoms. The molecular formula is C16H21NO. The normalized spacial score (nSPS) is 15.6. The van der Waals surface area contributed by atoms with Crippen molar-refractivity contribution >= 4 is 11.0 Å². The van der Waals surface area contributed by atoms with Crippen molar-refractivity contribution in [2.75, 3.05) is 0 Å². The maximum Gasteiger partial charge on any atom is 0.138 e. The Hall–Kier alpha value is -1.28. The zero-order chi connectivity index (χ0) is 12.9. The van der Waals surface area contributed by atoms with Crippen LogP contribution in [-0.4, -0.2) is 6.04 Å². The molecule has 1 fully saturated rings. The van der Waals surface area contributed by atoms with Gasteiger partial charge in [0.05, 0.1) is 6.54 Å². The summed E-state index contributed by atoms with van der Waals surface area (Å²) in [4.78, 5) is 0. The maximum atomic E-state index is 6.11. The van der Waals surface area contributed by atoms with E-state index < -0.39 is 0 Å². The van der Waals surface area contributed by atoms with Gasteiger partial charge in [0.2, 0.25) is 0 Å². The molecule has 96 valence electrons. The first-order valence-corrected chi connectivity index (χ1v) is 6.80. The Balaban J connectivity index is 2.08. The van der Waals surface area contributed by atoms with Crippen LogP contribution in [0.2, 0.25) is 0 Å². The molecule has 18 heavy (non-hydrogen) atoms. The molecule has 2 heteroatoms. The van der Waals surface area contributed by atoms with Gasteiger partial charge in [-0.25, -0.2) is 0 Å². The van der Waals surface area contributed by atoms with E-state index in [1.165, 1.54) is 40.5 Å². The van der Waals surface area contributed by atoms with Crippen molar-refractivity contribution in [2.45, 2.75) is 53.1 Å². The van der Waals surface area contributed by atoms with E-state index in [1.807, 2.05) is 0 Å². The molecule has 1 aromatic heterocycles. The minimum atomic E-state index is 0.724. The van der Waals surface area contributed by atoms with Crippen LogP contribution in [0.5, 0.6) is 0 Å². The van der Waals surface area contributed by atoms with Crippen LogP contribution in [0.25, 0.3) is 11.0 Å². The Kier molecular flexibility index (Phi) is 2.70. The van der Waals surface area contributed by atoms with Gasteiger partial charge in [-0.3, -0.25) is 0 Å². The molecule has 1 N–H and O–H groups in total. The molecule has 3 rings (SSSR count). The third-order valence-corrected chi connectivity index (χ3v) is 4.13. The van der Waals surface area contributed by atoms with Crippen LogP contribution in [0.3, 0.4) is 0 Å². The van der Waals surface area contributed by atoms with E-state index in [0.717, 1.165) is 23.9 Å². The number of furan rings is 1. The molecule has 0 amide bonds. The van der Waals surface area contributed by atoms with E-state index in [1.54, 1.807) is 0 Å². The number of hydrogen-bond donors (Lipinski definition) is 1. The molecule has 1 aromatic carbocycles. The van der Waals surface area contributed by atoms with E-state index in [2.05, 4.69) is 39.1 Å². The average Bonchev–Trinajstić information content (AvgIpc) is 3.08. The molecule has 1 aliphatic rings. The smallest absolute Gasteiger partial charge is 0.138 e. The lowest BCUT2D eigenvalue weighted by Gasteiger charge is -2.03. The number of benzene rings is 1. The van der Waals surface area contributed by atoms with Gasteiger partial charge in [-0.15, -0.1) is 0 Å². The summed E-state index contributed by atoms with van der Waals surface area (Å²) in [6.45, 7) is 9.52. The molecule has 2 nitrogen and oxygen atoms in total. The lowest BCUT2D eigenvalue weighted by molar-refractivity contribution is 0.507. The van der Waals surface area contributed by atoms with Gasteiger partial charge in [-0.2, -0.15) is 0 Å². The molecular weight excluding hydrogens is 222 g/mol. The number of fused-ring (bicyclic) bond motifs is 1. The van der Waals surface area contributed by atoms with Crippen LogP contribution < -0.4 is 5.32 Å². The first kappa shape index (κ1) is 11.8. The average molecular weight is 243 g/mol. The zero-order valence-corrected chi connectivity index (χ0v) is 11.7. The lowest BCUT2D eigenvalue weighted by atomic mass is 10.00. The second-order valence-electron chi connectivity index (χ2n) is 5.64. The van der Waals surface area contributed by atoms with Crippen LogP contribution in [-0.2, 0) is 6.54 Å². The topological polar surface area (TPSA) is 25.2 Å². The summed E-state index contributed by atoms with van der Waals surface area (Å²) >= 11 is 0. The number of hydrogen-bond acceptors (Lipinski definition) is 2. The number of rotatable bonds is 3. The third-order valence-electron chi connectivity index (χ3n) is 4.13. The van der Waals surface area contributed by atoms with Crippen LogP contribution in [0.1, 0.15) is 40.9 Å². The summed E-state index contributed by atoms with van der Waals surface area (Å²) in [6, 6.07) is 2.99. The lowest BCUT2D eigenvalue weighted by Crippen LogP contribution is -2.15. The van der Waals surface area contributed by atoms with Crippen molar-refractivity contribution in [3.63, 3.8) is 0 Å². The van der Waals surface area contributed by atoms with Crippen molar-refractivity contribution in [2.24, 2.45) is 0 Å². The quantitative estimate of drug-likeness (QED) is 0.884. The zero-order valence-electron chi connectivity index (χ0n) is 11.7. The summed E-state index contributed by atoms with van der Waals surface area (Å²) < 4.78 is 6.11. The second kappa shape index (κ2) is 4.13. The fourth-order valence-corrected chi connectivity index (χ4v) is 2.68. The highest BCUT2D eigenvalue weighted by molar-refractivity contribution is 5.88. The van der Waals surface area contributed by atoms with E-state index >= 15 is 0 Å². The summed E-state index contributed by atoms with van der Waals surface area (Å²) in [5.41, 5.74) is 6.30. The van der Waals surface area contributed by atoms with Crippen molar-refractivity contribution in [1.29, 1.82) is 0 Å². The molecule has 1 heterocycles. The first-order chi connectivity index (χ1) is 8.58. The Labute approximate surface area is 108 Å². The summed E-state index contributed by atoms with van der Waals surface area (Å²) in [5.74, 6) is 1.11. The Morgan fingerprint density at radius 3 is 2.50 bits per heavy atom. The SMILES string of the molecule is Cc1cc(C)c2c(C)c(CNC3CC3)oc2c1C. The van der Waals surface area contributed by atoms with Gasteiger partial charge in [0.25, 0.3) is 0 Å². The van der Waals surface area contributed by atoms with Gasteiger partial charge >= 0.3 is 0 Å². The van der Waals surface area contributed by atoms with Crippen molar-refractivity contribution in [3.05, 3.63) is 34.1 Å². The summed E-state index contributed by atoms with van der Waals surface area (Å²) in [5, 5.41) is 4.85. The Morgan fingerprint density at radius 1 is 1.11 bits per heavy atom. The summed E-state index contributed by atoms with van der Waals surface area (Å²) in [6.07, 6.45) is 2.63. The molecule has 0 bridgehead atoms. The highest BCUT2D eigenvalue weighted by Gasteiger charge is 2.22. The molecule has 0 aliphatic heterocycles. The Morgan fingerprint density at radius 2 is 1.83 bits per heavy atom. The molecule has 0 saturated heterocycles. The highest BCUT2D eigenvalue weighted by atomic mass is 16.3. The fraction of sp³-hybridized carbons (Fsp3) is 0.500. The molecule has 2 aromatic rings. The van der Waals surface area contributed by atoms with Crippen molar-refractivity contribution in [3.8, 4) is 0 Å². The van der Waals surface area contributed by atoms with Gasteiger partial charge < -0.3 is 9.73 Å². The maximum absolute atomic E-state index is 6.11. The van der Waals surface area contributed by atoms with E-state index in [0.29, 0.717) is 0 Å². The number of aryl methyl sites for hydroxylation is 4. The minimum Gasteiger partial charge on any atom is -0.459 e. The monoisotopic (exact) mass is 243 g/mol. The highest BCUT2D eigenvalue weighted by Crippen LogP contribution is 2.32. The number of nitrogens with one attached hydrogen (secondary N) is 1. The first-order valence-electron chi connectivity index (χ1n) is 6.80. The molecule has 1 saturated carbocycles. The van der Waals surface area contributed by atoms with Gasteiger partial charge in [0.15, 0.2) is 0 Å². The van der Waals surface area contributed by atoms with E-state index in [-0.39, 0.29) is 0 Å². The molecule has 0 atom stereocenters. The predicted octanol–water partition coefficient (Wildman–Crippen LogP) is 3.92. The molecule has 0 radical (unpaired) electrons. The standard InChI is InChI=1S/C16H21NO/c1-9-7-10(2)15-12(4)14(8-17-13-5-6-13)18-16(15)11(9)3/h7,13,17H,5-6,8H2,1-4H3. The largest absolute Gasteiger partial charge is 0.459 e. The second-order valence-corrected chi connectivity index (χ2v) is 5.64. The summed E-state index contributed by atoms with van der Waals surface area (Å²) in [7, 11) is 0. The molecule has 1 aliphatic carbocycles. The predicted molar refractivity (Wildman–Crippen MR) is 75.0 cm³/mol. The van der Waals surface area contributed by atoms with Crippen molar-refractivity contribution in [1.82, 2.24) is 5.32 Å². The van der Waals surface area contributed by atoms with Crippen LogP contribution in [0.4, 0.5) is 0 Å². The van der Waals surface area contributed by atoms with E-state index in [9.17, 15) is 0 Å². The Bertz CT molecular complexity index is 605. The minimum absolute atomic E-state index is 0.724. The van der Waals surface area contributed by atoms with Crippen LogP contribution in [0.15, 0.2) is 10.5 Å². The van der Waals surface area contributed by atoms with Crippen LogP contribution >= 0.6 is 0 Å². The molecule has 0 unspecified atom stereocenters. The van der Waals surface area contributed by atoms with Crippen LogP contribution in [0, 0.1) is 27.7 Å². The van der Waals surface area contributed by atoms with Gasteiger partial charge in [0, 0.05) is 11.4 Å². The van der Waals surface area contributed by atoms with Gasteiger partial charge in [-0.05, 0) is 62.8 Å². The van der Waals surface area contributed by atoms with Crippen molar-refractivity contribution < 1.29 is 4.42 Å².